The van der Waals surface area contributed by atoms with Crippen LogP contribution in [0, 0.1) is 26.3 Å². The molecular formula is C23H23N5. The maximum atomic E-state index is 6.91. The van der Waals surface area contributed by atoms with Crippen LogP contribution in [0.5, 0.6) is 0 Å². The molecule has 0 unspecified atom stereocenters. The number of benzene rings is 3. The fourth-order valence-corrected chi connectivity index (χ4v) is 4.11. The Morgan fingerprint density at radius 1 is 0.929 bits per heavy atom. The first-order valence-electron chi connectivity index (χ1n) is 9.27. The number of nitrogens with one attached hydrogen (secondary N) is 1. The molecule has 0 saturated heterocycles. The summed E-state index contributed by atoms with van der Waals surface area (Å²) in [4.78, 5) is 0. The molecular weight excluding hydrogens is 346 g/mol. The maximum absolute atomic E-state index is 6.91. The number of nitrogens with two attached hydrogens (primary N) is 1. The van der Waals surface area contributed by atoms with Crippen LogP contribution in [-0.4, -0.2) is 10.4 Å². The molecule has 0 aliphatic heterocycles. The molecule has 3 N–H and O–H groups in total. The number of rotatable bonds is 4. The molecule has 0 aliphatic rings. The molecule has 1 heterocycles. The molecule has 0 saturated carbocycles. The molecule has 1 aromatic heterocycles. The topological polar surface area (TPSA) is 79.5 Å². The van der Waals surface area contributed by atoms with Gasteiger partial charge in [0.05, 0.1) is 0 Å². The van der Waals surface area contributed by atoms with Crippen LogP contribution >= 0.6 is 0 Å². The van der Waals surface area contributed by atoms with Crippen LogP contribution in [0.2, 0.25) is 0 Å². The summed E-state index contributed by atoms with van der Waals surface area (Å²) in [5.41, 5.74) is 21.3. The molecule has 0 atom stereocenters. The maximum Gasteiger partial charge on any atom is 0.155 e. The van der Waals surface area contributed by atoms with Gasteiger partial charge in [0.2, 0.25) is 0 Å². The second-order valence-electron chi connectivity index (χ2n) is 7.30. The van der Waals surface area contributed by atoms with Gasteiger partial charge in [-0.2, -0.15) is 5.53 Å². The fourth-order valence-electron chi connectivity index (χ4n) is 4.11. The lowest BCUT2D eigenvalue weighted by molar-refractivity contribution is 0.852. The van der Waals surface area contributed by atoms with Gasteiger partial charge in [0.1, 0.15) is 0 Å². The molecule has 140 valence electrons. The molecule has 5 nitrogen and oxygen atoms in total. The van der Waals surface area contributed by atoms with Gasteiger partial charge >= 0.3 is 0 Å². The van der Waals surface area contributed by atoms with Crippen molar-refractivity contribution in [3.8, 4) is 0 Å². The number of amidine groups is 1. The van der Waals surface area contributed by atoms with E-state index in [1.807, 2.05) is 12.1 Å². The van der Waals surface area contributed by atoms with Gasteiger partial charge in [-0.05, 0) is 61.7 Å². The average Bonchev–Trinajstić information content (AvgIpc) is 2.98. The Kier molecular flexibility index (Phi) is 4.43. The van der Waals surface area contributed by atoms with E-state index in [0.29, 0.717) is 0 Å². The summed E-state index contributed by atoms with van der Waals surface area (Å²) in [6.07, 6.45) is 0. The molecule has 3 aromatic carbocycles. The highest BCUT2D eigenvalue weighted by molar-refractivity contribution is 6.11. The number of aryl methyl sites for hydroxylation is 3. The molecule has 5 heteroatoms. The smallest absolute Gasteiger partial charge is 0.155 e. The quantitative estimate of drug-likeness (QED) is 0.214. The van der Waals surface area contributed by atoms with E-state index >= 15 is 0 Å². The van der Waals surface area contributed by atoms with Crippen molar-refractivity contribution in [2.24, 2.45) is 16.1 Å². The van der Waals surface area contributed by atoms with Crippen molar-refractivity contribution in [1.82, 2.24) is 4.57 Å². The van der Waals surface area contributed by atoms with Crippen molar-refractivity contribution in [2.45, 2.75) is 27.3 Å². The van der Waals surface area contributed by atoms with E-state index < -0.39 is 0 Å². The predicted molar refractivity (Wildman–Crippen MR) is 115 cm³/mol. The number of hydrogen-bond donors (Lipinski definition) is 2. The fraction of sp³-hybridized carbons (Fsp3) is 0.174. The van der Waals surface area contributed by atoms with Crippen molar-refractivity contribution in [3.63, 3.8) is 0 Å². The Morgan fingerprint density at radius 3 is 2.32 bits per heavy atom. The standard InChI is InChI=1S/C23H23N5/c1-14-10-15(2)20(16(3)11-14)13-28-21-7-5-4-6-18(21)19-12-17(8-9-22(19)28)23(24)26-27-25/h4-12H,13H2,1-3H3,(H3,24,25,26). The zero-order chi connectivity index (χ0) is 19.8. The first-order valence-corrected chi connectivity index (χ1v) is 9.27. The summed E-state index contributed by atoms with van der Waals surface area (Å²) in [6.45, 7) is 7.32. The number of aromatic nitrogens is 1. The highest BCUT2D eigenvalue weighted by Crippen LogP contribution is 2.31. The Bertz CT molecular complexity index is 1220. The SMILES string of the molecule is Cc1cc(C)c(Cn2c3ccccc3c3cc(C(N)=NN=N)ccc32)c(C)c1. The second-order valence-corrected chi connectivity index (χ2v) is 7.30. The third kappa shape index (κ3) is 2.95. The van der Waals surface area contributed by atoms with Crippen molar-refractivity contribution in [3.05, 3.63) is 82.4 Å². The van der Waals surface area contributed by atoms with Gasteiger partial charge in [-0.25, -0.2) is 0 Å². The number of nitrogens with zero attached hydrogens (tertiary/aromatic N) is 3. The first-order chi connectivity index (χ1) is 13.5. The molecule has 4 aromatic rings. The lowest BCUT2D eigenvalue weighted by atomic mass is 9.99. The van der Waals surface area contributed by atoms with Crippen LogP contribution in [0.3, 0.4) is 0 Å². The molecule has 0 radical (unpaired) electrons. The van der Waals surface area contributed by atoms with Gasteiger partial charge in [0.15, 0.2) is 5.84 Å². The highest BCUT2D eigenvalue weighted by atomic mass is 15.3. The van der Waals surface area contributed by atoms with Gasteiger partial charge in [0, 0.05) is 33.9 Å². The minimum Gasteiger partial charge on any atom is -0.382 e. The molecule has 0 bridgehead atoms. The molecule has 0 aliphatic carbocycles. The van der Waals surface area contributed by atoms with Gasteiger partial charge in [-0.1, -0.05) is 41.1 Å². The first kappa shape index (κ1) is 17.9. The Morgan fingerprint density at radius 2 is 1.61 bits per heavy atom. The minimum atomic E-state index is 0.249. The number of fused-ring (bicyclic) bond motifs is 3. The van der Waals surface area contributed by atoms with Gasteiger partial charge < -0.3 is 10.3 Å². The van der Waals surface area contributed by atoms with E-state index in [1.54, 1.807) is 0 Å². The largest absolute Gasteiger partial charge is 0.382 e. The van der Waals surface area contributed by atoms with E-state index in [1.165, 1.54) is 33.2 Å². The molecule has 0 spiro atoms. The summed E-state index contributed by atoms with van der Waals surface area (Å²) in [5.74, 6) is 0.249. The summed E-state index contributed by atoms with van der Waals surface area (Å²) >= 11 is 0. The van der Waals surface area contributed by atoms with Crippen LogP contribution in [0.15, 0.2) is 64.9 Å². The van der Waals surface area contributed by atoms with Crippen molar-refractivity contribution in [1.29, 1.82) is 5.53 Å². The zero-order valence-electron chi connectivity index (χ0n) is 16.3. The van der Waals surface area contributed by atoms with Gasteiger partial charge in [-0.15, -0.1) is 5.10 Å². The average molecular weight is 369 g/mol. The second kappa shape index (κ2) is 6.93. The summed E-state index contributed by atoms with van der Waals surface area (Å²) < 4.78 is 2.36. The highest BCUT2D eigenvalue weighted by Gasteiger charge is 2.14. The summed E-state index contributed by atoms with van der Waals surface area (Å²) in [6, 6.07) is 19.0. The predicted octanol–water partition coefficient (Wildman–Crippen LogP) is 5.42. The number of para-hydroxylation sites is 1. The summed E-state index contributed by atoms with van der Waals surface area (Å²) in [5, 5.41) is 9.02. The lowest BCUT2D eigenvalue weighted by Crippen LogP contribution is -2.12. The third-order valence-corrected chi connectivity index (χ3v) is 5.38. The van der Waals surface area contributed by atoms with Crippen LogP contribution in [-0.2, 0) is 6.54 Å². The lowest BCUT2D eigenvalue weighted by Gasteiger charge is -2.14. The zero-order valence-corrected chi connectivity index (χ0v) is 16.3. The van der Waals surface area contributed by atoms with Crippen LogP contribution in [0.25, 0.3) is 21.8 Å². The van der Waals surface area contributed by atoms with E-state index in [0.717, 1.165) is 23.0 Å². The van der Waals surface area contributed by atoms with Crippen molar-refractivity contribution >= 4 is 27.6 Å². The van der Waals surface area contributed by atoms with Crippen LogP contribution < -0.4 is 5.73 Å². The number of hydrogen-bond acceptors (Lipinski definition) is 2. The Labute approximate surface area is 164 Å². The van der Waals surface area contributed by atoms with Gasteiger partial charge in [0.25, 0.3) is 0 Å². The van der Waals surface area contributed by atoms with E-state index in [2.05, 4.69) is 78.1 Å². The van der Waals surface area contributed by atoms with Gasteiger partial charge in [-0.3, -0.25) is 0 Å². The Balaban J connectivity index is 1.96. The monoisotopic (exact) mass is 369 g/mol. The van der Waals surface area contributed by atoms with Crippen LogP contribution in [0.4, 0.5) is 0 Å². The summed E-state index contributed by atoms with van der Waals surface area (Å²) in [7, 11) is 0. The molecule has 0 amide bonds. The molecule has 4 rings (SSSR count). The Hall–Kier alpha value is -3.47. The normalized spacial score (nSPS) is 12.0. The van der Waals surface area contributed by atoms with E-state index in [4.69, 9.17) is 11.3 Å². The van der Waals surface area contributed by atoms with Crippen LogP contribution in [0.1, 0.15) is 27.8 Å². The third-order valence-electron chi connectivity index (χ3n) is 5.38. The van der Waals surface area contributed by atoms with Crippen molar-refractivity contribution < 1.29 is 0 Å². The van der Waals surface area contributed by atoms with Crippen molar-refractivity contribution in [2.75, 3.05) is 0 Å². The van der Waals surface area contributed by atoms with E-state index in [9.17, 15) is 0 Å². The van der Waals surface area contributed by atoms with E-state index in [-0.39, 0.29) is 5.84 Å². The molecule has 28 heavy (non-hydrogen) atoms. The molecule has 0 fully saturated rings. The minimum absolute atomic E-state index is 0.249.